The van der Waals surface area contributed by atoms with Gasteiger partial charge in [0, 0.05) is 4.90 Å². The van der Waals surface area contributed by atoms with Gasteiger partial charge in [0.2, 0.25) is 0 Å². The van der Waals surface area contributed by atoms with E-state index < -0.39 is 6.36 Å². The lowest BCUT2D eigenvalue weighted by atomic mass is 10.0. The number of ether oxygens (including phenoxy) is 1. The largest absolute Gasteiger partial charge is 0.573 e. The summed E-state index contributed by atoms with van der Waals surface area (Å²) >= 11 is 1.38. The second-order valence-electron chi connectivity index (χ2n) is 4.11. The highest BCUT2D eigenvalue weighted by molar-refractivity contribution is 7.98. The van der Waals surface area contributed by atoms with Crippen molar-refractivity contribution in [3.8, 4) is 5.75 Å². The average Bonchev–Trinajstić information content (AvgIpc) is 2.26. The van der Waals surface area contributed by atoms with Gasteiger partial charge in [-0.05, 0) is 48.9 Å². The van der Waals surface area contributed by atoms with Crippen molar-refractivity contribution in [2.75, 3.05) is 12.8 Å². The van der Waals surface area contributed by atoms with Gasteiger partial charge in [-0.25, -0.2) is 0 Å². The summed E-state index contributed by atoms with van der Waals surface area (Å²) in [5.41, 5.74) is 6.32. The molecule has 0 aromatic heterocycles. The molecule has 0 amide bonds. The molecule has 0 spiro atoms. The van der Waals surface area contributed by atoms with Crippen molar-refractivity contribution in [2.24, 2.45) is 11.7 Å². The van der Waals surface area contributed by atoms with E-state index in [0.29, 0.717) is 13.0 Å². The Morgan fingerprint density at radius 1 is 1.33 bits per heavy atom. The van der Waals surface area contributed by atoms with Gasteiger partial charge in [0.15, 0.2) is 0 Å². The molecule has 2 N–H and O–H groups in total. The van der Waals surface area contributed by atoms with Crippen LogP contribution in [-0.2, 0) is 6.42 Å². The Kier molecular flexibility index (Phi) is 5.34. The van der Waals surface area contributed by atoms with Gasteiger partial charge in [0.05, 0.1) is 0 Å². The molecule has 0 saturated carbocycles. The maximum absolute atomic E-state index is 12.2. The Morgan fingerprint density at radius 3 is 2.50 bits per heavy atom. The van der Waals surface area contributed by atoms with Gasteiger partial charge in [0.25, 0.3) is 0 Å². The Morgan fingerprint density at radius 2 is 2.00 bits per heavy atom. The zero-order valence-electron chi connectivity index (χ0n) is 10.3. The molecular weight excluding hydrogens is 263 g/mol. The van der Waals surface area contributed by atoms with E-state index in [2.05, 4.69) is 4.74 Å². The first-order chi connectivity index (χ1) is 8.34. The number of nitrogens with two attached hydrogens (primary N) is 1. The Bertz CT molecular complexity index is 395. The minimum atomic E-state index is -4.66. The van der Waals surface area contributed by atoms with Crippen molar-refractivity contribution in [3.05, 3.63) is 23.8 Å². The summed E-state index contributed by atoms with van der Waals surface area (Å²) < 4.78 is 40.5. The fraction of sp³-hybridized carbons (Fsp3) is 0.500. The fourth-order valence-corrected chi connectivity index (χ4v) is 2.05. The topological polar surface area (TPSA) is 35.2 Å². The lowest BCUT2D eigenvalue weighted by molar-refractivity contribution is -0.274. The first-order valence-corrected chi connectivity index (χ1v) is 6.70. The predicted octanol–water partition coefficient (Wildman–Crippen LogP) is 3.44. The SMILES string of the molecule is CSc1cc(CC(C)CN)cc(OC(F)(F)F)c1. The molecule has 0 heterocycles. The molecule has 1 aromatic rings. The van der Waals surface area contributed by atoms with Crippen LogP contribution in [0.25, 0.3) is 0 Å². The predicted molar refractivity (Wildman–Crippen MR) is 66.8 cm³/mol. The standard InChI is InChI=1S/C12H16F3NOS/c1-8(7-16)3-9-4-10(17-12(13,14)15)6-11(5-9)18-2/h4-6,8H,3,7,16H2,1-2H3. The third-order valence-electron chi connectivity index (χ3n) is 2.40. The van der Waals surface area contributed by atoms with E-state index >= 15 is 0 Å². The van der Waals surface area contributed by atoms with Gasteiger partial charge in [-0.15, -0.1) is 24.9 Å². The molecule has 1 unspecified atom stereocenters. The van der Waals surface area contributed by atoms with Crippen LogP contribution in [0.4, 0.5) is 13.2 Å². The lowest BCUT2D eigenvalue weighted by Gasteiger charge is -2.13. The Hall–Kier alpha value is -0.880. The first kappa shape index (κ1) is 15.2. The average molecular weight is 279 g/mol. The van der Waals surface area contributed by atoms with E-state index in [-0.39, 0.29) is 11.7 Å². The molecular formula is C12H16F3NOS. The quantitative estimate of drug-likeness (QED) is 0.839. The van der Waals surface area contributed by atoms with E-state index in [4.69, 9.17) is 5.73 Å². The van der Waals surface area contributed by atoms with Crippen LogP contribution in [0, 0.1) is 5.92 Å². The summed E-state index contributed by atoms with van der Waals surface area (Å²) in [7, 11) is 0. The Balaban J connectivity index is 2.94. The van der Waals surface area contributed by atoms with Crippen molar-refractivity contribution in [2.45, 2.75) is 24.6 Å². The Labute approximate surface area is 109 Å². The number of thioether (sulfide) groups is 1. The molecule has 0 saturated heterocycles. The normalized spacial score (nSPS) is 13.4. The van der Waals surface area contributed by atoms with E-state index in [1.165, 1.54) is 23.9 Å². The van der Waals surface area contributed by atoms with Crippen molar-refractivity contribution >= 4 is 11.8 Å². The third kappa shape index (κ3) is 5.18. The maximum atomic E-state index is 12.2. The van der Waals surface area contributed by atoms with E-state index in [9.17, 15) is 13.2 Å². The summed E-state index contributed by atoms with van der Waals surface area (Å²) in [6.07, 6.45) is -2.21. The van der Waals surface area contributed by atoms with Crippen LogP contribution >= 0.6 is 11.8 Å². The maximum Gasteiger partial charge on any atom is 0.573 e. The molecule has 1 aromatic carbocycles. The number of benzene rings is 1. The van der Waals surface area contributed by atoms with Crippen LogP contribution in [0.15, 0.2) is 23.1 Å². The van der Waals surface area contributed by atoms with E-state index in [1.54, 1.807) is 0 Å². The van der Waals surface area contributed by atoms with E-state index in [1.807, 2.05) is 19.2 Å². The summed E-state index contributed by atoms with van der Waals surface area (Å²) in [6, 6.07) is 4.66. The number of hydrogen-bond acceptors (Lipinski definition) is 3. The number of halogens is 3. The molecule has 0 fully saturated rings. The lowest BCUT2D eigenvalue weighted by Crippen LogP contribution is -2.17. The van der Waals surface area contributed by atoms with Gasteiger partial charge in [-0.3, -0.25) is 0 Å². The monoisotopic (exact) mass is 279 g/mol. The van der Waals surface area contributed by atoms with Crippen LogP contribution in [0.2, 0.25) is 0 Å². The van der Waals surface area contributed by atoms with Gasteiger partial charge in [-0.1, -0.05) is 6.92 Å². The minimum absolute atomic E-state index is 0.173. The zero-order valence-corrected chi connectivity index (χ0v) is 11.1. The first-order valence-electron chi connectivity index (χ1n) is 5.48. The third-order valence-corrected chi connectivity index (χ3v) is 3.10. The fourth-order valence-electron chi connectivity index (χ4n) is 1.54. The minimum Gasteiger partial charge on any atom is -0.406 e. The van der Waals surface area contributed by atoms with Crippen LogP contribution in [0.1, 0.15) is 12.5 Å². The smallest absolute Gasteiger partial charge is 0.406 e. The summed E-state index contributed by atoms with van der Waals surface area (Å²) in [5, 5.41) is 0. The van der Waals surface area contributed by atoms with Crippen molar-refractivity contribution in [1.29, 1.82) is 0 Å². The highest BCUT2D eigenvalue weighted by Crippen LogP contribution is 2.29. The number of hydrogen-bond donors (Lipinski definition) is 1. The molecule has 0 radical (unpaired) electrons. The van der Waals surface area contributed by atoms with Crippen LogP contribution in [0.5, 0.6) is 5.75 Å². The number of rotatable bonds is 5. The molecule has 1 atom stereocenters. The summed E-state index contributed by atoms with van der Waals surface area (Å²) in [6.45, 7) is 2.45. The van der Waals surface area contributed by atoms with Crippen LogP contribution < -0.4 is 10.5 Å². The van der Waals surface area contributed by atoms with Crippen LogP contribution in [-0.4, -0.2) is 19.2 Å². The van der Waals surface area contributed by atoms with Gasteiger partial charge in [0.1, 0.15) is 5.75 Å². The molecule has 0 aliphatic carbocycles. The number of alkyl halides is 3. The van der Waals surface area contributed by atoms with E-state index in [0.717, 1.165) is 10.5 Å². The molecule has 102 valence electrons. The summed E-state index contributed by atoms with van der Waals surface area (Å²) in [4.78, 5) is 0.746. The molecule has 0 bridgehead atoms. The molecule has 1 rings (SSSR count). The highest BCUT2D eigenvalue weighted by Gasteiger charge is 2.31. The molecule has 18 heavy (non-hydrogen) atoms. The molecule has 0 aliphatic rings. The van der Waals surface area contributed by atoms with Crippen molar-refractivity contribution in [3.63, 3.8) is 0 Å². The van der Waals surface area contributed by atoms with Gasteiger partial charge < -0.3 is 10.5 Å². The molecule has 2 nitrogen and oxygen atoms in total. The summed E-state index contributed by atoms with van der Waals surface area (Å²) in [5.74, 6) is 0.0504. The van der Waals surface area contributed by atoms with Gasteiger partial charge >= 0.3 is 6.36 Å². The highest BCUT2D eigenvalue weighted by atomic mass is 32.2. The van der Waals surface area contributed by atoms with Crippen LogP contribution in [0.3, 0.4) is 0 Å². The second kappa shape index (κ2) is 6.33. The van der Waals surface area contributed by atoms with Crippen molar-refractivity contribution in [1.82, 2.24) is 0 Å². The molecule has 6 heteroatoms. The zero-order chi connectivity index (χ0) is 13.8. The second-order valence-corrected chi connectivity index (χ2v) is 4.99. The van der Waals surface area contributed by atoms with Gasteiger partial charge in [-0.2, -0.15) is 0 Å². The molecule has 0 aliphatic heterocycles. The van der Waals surface area contributed by atoms with Crippen molar-refractivity contribution < 1.29 is 17.9 Å².